The lowest BCUT2D eigenvalue weighted by Crippen LogP contribution is -2.35. The molecule has 0 aliphatic carbocycles. The van der Waals surface area contributed by atoms with Crippen LogP contribution in [0.3, 0.4) is 0 Å². The van der Waals surface area contributed by atoms with Crippen molar-refractivity contribution in [2.24, 2.45) is 5.73 Å². The molecule has 0 fully saturated rings. The van der Waals surface area contributed by atoms with E-state index < -0.39 is 17.2 Å². The van der Waals surface area contributed by atoms with Gasteiger partial charge in [0.15, 0.2) is 0 Å². The first-order chi connectivity index (χ1) is 8.88. The van der Waals surface area contributed by atoms with Gasteiger partial charge in [0, 0.05) is 16.1 Å². The maximum absolute atomic E-state index is 13.7. The van der Waals surface area contributed by atoms with Gasteiger partial charge in [0.1, 0.15) is 11.6 Å². The van der Waals surface area contributed by atoms with E-state index >= 15 is 0 Å². The summed E-state index contributed by atoms with van der Waals surface area (Å²) in [6.45, 7) is 1.83. The lowest BCUT2D eigenvalue weighted by molar-refractivity contribution is 0.472. The van der Waals surface area contributed by atoms with Crippen LogP contribution in [0.15, 0.2) is 46.9 Å². The molecule has 2 N–H and O–H groups in total. The van der Waals surface area contributed by atoms with E-state index in [9.17, 15) is 8.78 Å². The van der Waals surface area contributed by atoms with Crippen molar-refractivity contribution in [3.63, 3.8) is 0 Å². The topological polar surface area (TPSA) is 26.0 Å². The monoisotopic (exact) mass is 325 g/mol. The maximum Gasteiger partial charge on any atom is 0.129 e. The molecule has 1 nitrogen and oxygen atoms in total. The molecule has 19 heavy (non-hydrogen) atoms. The molecular formula is C15H14BrF2N. The van der Waals surface area contributed by atoms with Crippen molar-refractivity contribution in [2.45, 2.75) is 18.9 Å². The zero-order chi connectivity index (χ0) is 14.0. The Kier molecular flexibility index (Phi) is 4.02. The summed E-state index contributed by atoms with van der Waals surface area (Å²) in [5.41, 5.74) is 6.85. The Labute approximate surface area is 119 Å². The van der Waals surface area contributed by atoms with E-state index in [4.69, 9.17) is 5.73 Å². The normalized spacial score (nSPS) is 14.2. The molecule has 0 aromatic heterocycles. The van der Waals surface area contributed by atoms with Gasteiger partial charge in [-0.1, -0.05) is 34.1 Å². The molecule has 1 unspecified atom stereocenters. The van der Waals surface area contributed by atoms with Gasteiger partial charge in [-0.3, -0.25) is 0 Å². The second kappa shape index (κ2) is 5.39. The molecule has 100 valence electrons. The van der Waals surface area contributed by atoms with Crippen molar-refractivity contribution in [1.82, 2.24) is 0 Å². The van der Waals surface area contributed by atoms with E-state index in [1.165, 1.54) is 12.1 Å². The third kappa shape index (κ3) is 3.39. The van der Waals surface area contributed by atoms with Gasteiger partial charge in [-0.05, 0) is 42.7 Å². The third-order valence-corrected chi connectivity index (χ3v) is 3.55. The van der Waals surface area contributed by atoms with Crippen molar-refractivity contribution < 1.29 is 8.78 Å². The van der Waals surface area contributed by atoms with Crippen molar-refractivity contribution in [2.75, 3.05) is 0 Å². The number of nitrogens with two attached hydrogens (primary N) is 1. The van der Waals surface area contributed by atoms with Crippen LogP contribution in [0, 0.1) is 11.6 Å². The number of hydrogen-bond donors (Lipinski definition) is 1. The Hall–Kier alpha value is -1.26. The fraction of sp³-hybridized carbons (Fsp3) is 0.200. The molecule has 0 saturated heterocycles. The molecule has 0 aliphatic heterocycles. The first kappa shape index (κ1) is 14.2. The fourth-order valence-electron chi connectivity index (χ4n) is 2.01. The van der Waals surface area contributed by atoms with E-state index in [0.717, 1.165) is 16.1 Å². The minimum atomic E-state index is -0.720. The van der Waals surface area contributed by atoms with Crippen LogP contribution in [0.2, 0.25) is 0 Å². The number of hydrogen-bond acceptors (Lipinski definition) is 1. The van der Waals surface area contributed by atoms with Gasteiger partial charge >= 0.3 is 0 Å². The summed E-state index contributed by atoms with van der Waals surface area (Å²) in [5, 5.41) is 0. The highest BCUT2D eigenvalue weighted by atomic mass is 79.9. The average molecular weight is 326 g/mol. The Balaban J connectivity index is 2.30. The van der Waals surface area contributed by atoms with Crippen molar-refractivity contribution >= 4 is 15.9 Å². The van der Waals surface area contributed by atoms with Crippen LogP contribution in [0.4, 0.5) is 8.78 Å². The van der Waals surface area contributed by atoms with Gasteiger partial charge in [-0.2, -0.15) is 0 Å². The Morgan fingerprint density at radius 2 is 1.89 bits per heavy atom. The van der Waals surface area contributed by atoms with E-state index in [1.54, 1.807) is 0 Å². The molecule has 0 radical (unpaired) electrons. The molecule has 0 saturated carbocycles. The van der Waals surface area contributed by atoms with Gasteiger partial charge in [-0.15, -0.1) is 0 Å². The Bertz CT molecular complexity index is 596. The molecule has 4 heteroatoms. The molecular weight excluding hydrogens is 312 g/mol. The minimum absolute atomic E-state index is 0.301. The van der Waals surface area contributed by atoms with E-state index in [1.807, 2.05) is 31.2 Å². The summed E-state index contributed by atoms with van der Waals surface area (Å²) in [7, 11) is 0. The van der Waals surface area contributed by atoms with Crippen molar-refractivity contribution in [3.05, 3.63) is 69.7 Å². The predicted octanol–water partition coefficient (Wildman–Crippen LogP) is 4.14. The summed E-state index contributed by atoms with van der Waals surface area (Å²) >= 11 is 3.38. The first-order valence-corrected chi connectivity index (χ1v) is 6.67. The molecule has 0 heterocycles. The smallest absolute Gasteiger partial charge is 0.129 e. The molecule has 0 amide bonds. The van der Waals surface area contributed by atoms with Crippen LogP contribution in [0.1, 0.15) is 18.1 Å². The van der Waals surface area contributed by atoms with Gasteiger partial charge in [0.25, 0.3) is 0 Å². The zero-order valence-electron chi connectivity index (χ0n) is 10.5. The number of halogens is 3. The summed E-state index contributed by atoms with van der Waals surface area (Å²) in [6.07, 6.45) is 0.301. The van der Waals surface area contributed by atoms with Crippen LogP contribution < -0.4 is 5.73 Å². The molecule has 1 atom stereocenters. The van der Waals surface area contributed by atoms with Gasteiger partial charge in [0.05, 0.1) is 0 Å². The lowest BCUT2D eigenvalue weighted by atomic mass is 9.86. The van der Waals surface area contributed by atoms with E-state index in [2.05, 4.69) is 15.9 Å². The number of benzene rings is 2. The first-order valence-electron chi connectivity index (χ1n) is 5.87. The molecule has 2 aromatic carbocycles. The molecule has 2 aromatic rings. The van der Waals surface area contributed by atoms with E-state index in [0.29, 0.717) is 12.0 Å². The lowest BCUT2D eigenvalue weighted by Gasteiger charge is -2.26. The Morgan fingerprint density at radius 3 is 2.53 bits per heavy atom. The van der Waals surface area contributed by atoms with Crippen molar-refractivity contribution in [3.8, 4) is 0 Å². The zero-order valence-corrected chi connectivity index (χ0v) is 12.0. The minimum Gasteiger partial charge on any atom is -0.321 e. The molecule has 0 aliphatic rings. The SMILES string of the molecule is CC(N)(Cc1ccc(F)cc1F)c1cccc(Br)c1. The third-order valence-electron chi connectivity index (χ3n) is 3.06. The summed E-state index contributed by atoms with van der Waals surface area (Å²) in [6, 6.07) is 11.1. The molecule has 0 spiro atoms. The maximum atomic E-state index is 13.7. The van der Waals surface area contributed by atoms with Crippen LogP contribution >= 0.6 is 15.9 Å². The molecule has 0 bridgehead atoms. The van der Waals surface area contributed by atoms with Crippen molar-refractivity contribution in [1.29, 1.82) is 0 Å². The molecule has 2 rings (SSSR count). The second-order valence-corrected chi connectivity index (χ2v) is 5.76. The average Bonchev–Trinajstić information content (AvgIpc) is 2.33. The quantitative estimate of drug-likeness (QED) is 0.901. The van der Waals surface area contributed by atoms with Gasteiger partial charge < -0.3 is 5.73 Å². The van der Waals surface area contributed by atoms with Crippen LogP contribution in [-0.4, -0.2) is 0 Å². The summed E-state index contributed by atoms with van der Waals surface area (Å²) in [4.78, 5) is 0. The van der Waals surface area contributed by atoms with Crippen LogP contribution in [0.25, 0.3) is 0 Å². The second-order valence-electron chi connectivity index (χ2n) is 4.84. The highest BCUT2D eigenvalue weighted by molar-refractivity contribution is 9.10. The largest absolute Gasteiger partial charge is 0.321 e. The fourth-order valence-corrected chi connectivity index (χ4v) is 2.41. The number of rotatable bonds is 3. The summed E-state index contributed by atoms with van der Waals surface area (Å²) < 4.78 is 27.5. The van der Waals surface area contributed by atoms with Gasteiger partial charge in [-0.25, -0.2) is 8.78 Å². The highest BCUT2D eigenvalue weighted by Crippen LogP contribution is 2.26. The highest BCUT2D eigenvalue weighted by Gasteiger charge is 2.23. The standard InChI is InChI=1S/C15H14BrF2N/c1-15(19,11-3-2-4-12(16)7-11)9-10-5-6-13(17)8-14(10)18/h2-8H,9,19H2,1H3. The predicted molar refractivity (Wildman–Crippen MR) is 75.7 cm³/mol. The van der Waals surface area contributed by atoms with Gasteiger partial charge in [0.2, 0.25) is 0 Å². The van der Waals surface area contributed by atoms with Crippen LogP contribution in [-0.2, 0) is 12.0 Å². The van der Waals surface area contributed by atoms with E-state index in [-0.39, 0.29) is 0 Å². The van der Waals surface area contributed by atoms with Crippen LogP contribution in [0.5, 0.6) is 0 Å². The Morgan fingerprint density at radius 1 is 1.16 bits per heavy atom. The summed E-state index contributed by atoms with van der Waals surface area (Å²) in [5.74, 6) is -1.14.